The van der Waals surface area contributed by atoms with E-state index in [-0.39, 0.29) is 17.4 Å². The molecule has 3 aromatic rings. The van der Waals surface area contributed by atoms with E-state index in [1.165, 1.54) is 19.2 Å². The summed E-state index contributed by atoms with van der Waals surface area (Å²) in [5.41, 5.74) is 2.83. The Hall–Kier alpha value is -4.13. The molecule has 7 nitrogen and oxygen atoms in total. The van der Waals surface area contributed by atoms with Gasteiger partial charge in [-0.25, -0.2) is 0 Å². The highest BCUT2D eigenvalue weighted by Crippen LogP contribution is 2.30. The Morgan fingerprint density at radius 2 is 1.61 bits per heavy atom. The highest BCUT2D eigenvalue weighted by Gasteiger charge is 2.33. The molecule has 0 saturated carbocycles. The van der Waals surface area contributed by atoms with Crippen molar-refractivity contribution < 1.29 is 23.9 Å². The second-order valence-electron chi connectivity index (χ2n) is 7.85. The van der Waals surface area contributed by atoms with E-state index in [9.17, 15) is 14.4 Å². The smallest absolute Gasteiger partial charge is 0.261 e. The predicted molar refractivity (Wildman–Crippen MR) is 122 cm³/mol. The SMILES string of the molecule is COc1cc(CN(C)C(=O)c2ccc3c(c2)C(=O)N(C)C3=O)ccc1OCc1ccccc1. The third-order valence-electron chi connectivity index (χ3n) is 5.57. The third-order valence-corrected chi connectivity index (χ3v) is 5.57. The third kappa shape index (κ3) is 4.43. The van der Waals surface area contributed by atoms with Crippen molar-refractivity contribution >= 4 is 17.7 Å². The van der Waals surface area contributed by atoms with Crippen LogP contribution in [0.3, 0.4) is 0 Å². The zero-order valence-electron chi connectivity index (χ0n) is 18.7. The zero-order chi connectivity index (χ0) is 23.5. The Morgan fingerprint density at radius 1 is 0.879 bits per heavy atom. The molecule has 1 heterocycles. The number of methoxy groups -OCH3 is 1. The number of benzene rings is 3. The van der Waals surface area contributed by atoms with Crippen LogP contribution >= 0.6 is 0 Å². The monoisotopic (exact) mass is 444 g/mol. The average Bonchev–Trinajstić information content (AvgIpc) is 3.06. The molecular formula is C26H24N2O5. The van der Waals surface area contributed by atoms with Gasteiger partial charge in [-0.15, -0.1) is 0 Å². The molecule has 0 radical (unpaired) electrons. The van der Waals surface area contributed by atoms with Crippen LogP contribution < -0.4 is 9.47 Å². The second kappa shape index (κ2) is 9.16. The fraction of sp³-hybridized carbons (Fsp3) is 0.192. The summed E-state index contributed by atoms with van der Waals surface area (Å²) in [4.78, 5) is 39.9. The van der Waals surface area contributed by atoms with Gasteiger partial charge in [-0.2, -0.15) is 0 Å². The lowest BCUT2D eigenvalue weighted by Crippen LogP contribution is -2.26. The van der Waals surface area contributed by atoms with Crippen molar-refractivity contribution in [1.29, 1.82) is 0 Å². The van der Waals surface area contributed by atoms with Crippen molar-refractivity contribution in [2.24, 2.45) is 0 Å². The number of amides is 3. The molecule has 3 amide bonds. The highest BCUT2D eigenvalue weighted by molar-refractivity contribution is 6.21. The summed E-state index contributed by atoms with van der Waals surface area (Å²) in [7, 11) is 4.68. The maximum absolute atomic E-state index is 13.0. The Kier molecular flexibility index (Phi) is 6.13. The molecule has 4 rings (SSSR count). The topological polar surface area (TPSA) is 76.2 Å². The number of nitrogens with zero attached hydrogens (tertiary/aromatic N) is 2. The fourth-order valence-electron chi connectivity index (χ4n) is 3.73. The largest absolute Gasteiger partial charge is 0.493 e. The van der Waals surface area contributed by atoms with Gasteiger partial charge in [0.1, 0.15) is 6.61 Å². The molecule has 0 atom stereocenters. The maximum Gasteiger partial charge on any atom is 0.261 e. The summed E-state index contributed by atoms with van der Waals surface area (Å²) in [5.74, 6) is 0.182. The number of hydrogen-bond acceptors (Lipinski definition) is 5. The first-order valence-electron chi connectivity index (χ1n) is 10.4. The molecule has 168 valence electrons. The normalized spacial score (nSPS) is 12.5. The molecule has 0 aliphatic carbocycles. The van der Waals surface area contributed by atoms with E-state index < -0.39 is 5.91 Å². The number of carbonyl (C=O) groups excluding carboxylic acids is 3. The zero-order valence-corrected chi connectivity index (χ0v) is 18.7. The first kappa shape index (κ1) is 22.1. The Balaban J connectivity index is 1.46. The highest BCUT2D eigenvalue weighted by atomic mass is 16.5. The predicted octanol–water partition coefficient (Wildman–Crippen LogP) is 3.77. The second-order valence-corrected chi connectivity index (χ2v) is 7.85. The molecule has 7 heteroatoms. The lowest BCUT2D eigenvalue weighted by atomic mass is 10.0. The van der Waals surface area contributed by atoms with E-state index >= 15 is 0 Å². The number of ether oxygens (including phenoxy) is 2. The fourth-order valence-corrected chi connectivity index (χ4v) is 3.73. The molecule has 0 saturated heterocycles. The number of imide groups is 1. The molecule has 0 aromatic heterocycles. The van der Waals surface area contributed by atoms with Crippen molar-refractivity contribution in [3.05, 3.63) is 94.5 Å². The van der Waals surface area contributed by atoms with E-state index in [0.717, 1.165) is 16.0 Å². The van der Waals surface area contributed by atoms with Crippen molar-refractivity contribution in [3.63, 3.8) is 0 Å². The van der Waals surface area contributed by atoms with Crippen LogP contribution in [0.4, 0.5) is 0 Å². The first-order chi connectivity index (χ1) is 15.9. The van der Waals surface area contributed by atoms with Gasteiger partial charge in [0.25, 0.3) is 17.7 Å². The minimum atomic E-state index is -0.400. The number of hydrogen-bond donors (Lipinski definition) is 0. The van der Waals surface area contributed by atoms with Crippen molar-refractivity contribution in [2.75, 3.05) is 21.2 Å². The summed E-state index contributed by atoms with van der Waals surface area (Å²) >= 11 is 0. The summed E-state index contributed by atoms with van der Waals surface area (Å²) in [6.07, 6.45) is 0. The van der Waals surface area contributed by atoms with E-state index in [1.54, 1.807) is 25.1 Å². The van der Waals surface area contributed by atoms with E-state index in [4.69, 9.17) is 9.47 Å². The molecule has 0 unspecified atom stereocenters. The van der Waals surface area contributed by atoms with Gasteiger partial charge in [-0.05, 0) is 41.5 Å². The molecule has 0 bridgehead atoms. The Labute approximate surface area is 192 Å². The Bertz CT molecular complexity index is 1220. The molecule has 0 spiro atoms. The molecular weight excluding hydrogens is 420 g/mol. The van der Waals surface area contributed by atoms with Gasteiger partial charge in [0, 0.05) is 26.2 Å². The quantitative estimate of drug-likeness (QED) is 0.519. The van der Waals surface area contributed by atoms with Crippen LogP contribution in [-0.2, 0) is 13.2 Å². The van der Waals surface area contributed by atoms with E-state index in [0.29, 0.717) is 35.8 Å². The van der Waals surface area contributed by atoms with Gasteiger partial charge in [0.2, 0.25) is 0 Å². The van der Waals surface area contributed by atoms with Gasteiger partial charge >= 0.3 is 0 Å². The van der Waals surface area contributed by atoms with Crippen LogP contribution in [0.5, 0.6) is 11.5 Å². The molecule has 33 heavy (non-hydrogen) atoms. The van der Waals surface area contributed by atoms with Crippen molar-refractivity contribution in [3.8, 4) is 11.5 Å². The maximum atomic E-state index is 13.0. The van der Waals surface area contributed by atoms with Crippen LogP contribution in [0.25, 0.3) is 0 Å². The summed E-state index contributed by atoms with van der Waals surface area (Å²) < 4.78 is 11.4. The number of carbonyl (C=O) groups is 3. The van der Waals surface area contributed by atoms with Gasteiger partial charge in [0.15, 0.2) is 11.5 Å². The summed E-state index contributed by atoms with van der Waals surface area (Å²) in [5, 5.41) is 0. The lowest BCUT2D eigenvalue weighted by Gasteiger charge is -2.19. The standard InChI is InChI=1S/C26H24N2O5/c1-27(24(29)19-10-11-20-21(14-19)26(31)28(2)25(20)30)15-18-9-12-22(23(13-18)32-3)33-16-17-7-5-4-6-8-17/h4-14H,15-16H2,1-3H3. The minimum absolute atomic E-state index is 0.253. The van der Waals surface area contributed by atoms with Crippen molar-refractivity contribution in [2.45, 2.75) is 13.2 Å². The van der Waals surface area contributed by atoms with Crippen LogP contribution in [-0.4, -0.2) is 48.7 Å². The lowest BCUT2D eigenvalue weighted by molar-refractivity contribution is 0.0692. The van der Waals surface area contributed by atoms with Gasteiger partial charge < -0.3 is 14.4 Å². The average molecular weight is 444 g/mol. The molecule has 1 aliphatic rings. The van der Waals surface area contributed by atoms with Crippen LogP contribution in [0.2, 0.25) is 0 Å². The van der Waals surface area contributed by atoms with Crippen LogP contribution in [0, 0.1) is 0 Å². The number of fused-ring (bicyclic) bond motifs is 1. The van der Waals surface area contributed by atoms with Crippen molar-refractivity contribution in [1.82, 2.24) is 9.80 Å². The van der Waals surface area contributed by atoms with Crippen LogP contribution in [0.1, 0.15) is 42.2 Å². The van der Waals surface area contributed by atoms with E-state index in [2.05, 4.69) is 0 Å². The van der Waals surface area contributed by atoms with E-state index in [1.807, 2.05) is 48.5 Å². The minimum Gasteiger partial charge on any atom is -0.493 e. The molecule has 3 aromatic carbocycles. The Morgan fingerprint density at radius 3 is 2.33 bits per heavy atom. The number of rotatable bonds is 7. The van der Waals surface area contributed by atoms with Gasteiger partial charge in [-0.1, -0.05) is 36.4 Å². The summed E-state index contributed by atoms with van der Waals surface area (Å²) in [6, 6.07) is 20.0. The van der Waals surface area contributed by atoms with Gasteiger partial charge in [-0.3, -0.25) is 19.3 Å². The first-order valence-corrected chi connectivity index (χ1v) is 10.4. The molecule has 0 fully saturated rings. The molecule has 1 aliphatic heterocycles. The van der Waals surface area contributed by atoms with Gasteiger partial charge in [0.05, 0.1) is 18.2 Å². The van der Waals surface area contributed by atoms with Crippen LogP contribution in [0.15, 0.2) is 66.7 Å². The molecule has 0 N–H and O–H groups in total. The summed E-state index contributed by atoms with van der Waals surface area (Å²) in [6.45, 7) is 0.752.